The van der Waals surface area contributed by atoms with Crippen LogP contribution >= 0.6 is 46.3 Å². The molecular weight excluding hydrogens is 523 g/mol. The average molecular weight is 546 g/mol. The standard InChI is InChI=1S/C21H22Cl2N4O3S3/c1-13(2)12-31-21-26-25-20(32-21)24-19(28)11-27(15-6-9-17(22)18(23)10-15)33(29,30)16-7-4-14(3)5-8-16/h4-10,13H,11-12H2,1-3H3,(H,24,25,28). The minimum Gasteiger partial charge on any atom is -0.299 e. The van der Waals surface area contributed by atoms with Crippen LogP contribution in [0.1, 0.15) is 19.4 Å². The van der Waals surface area contributed by atoms with Crippen molar-refractivity contribution >= 4 is 73.0 Å². The van der Waals surface area contributed by atoms with Crippen LogP contribution in [0.15, 0.2) is 51.7 Å². The summed E-state index contributed by atoms with van der Waals surface area (Å²) in [6.45, 7) is 5.57. The molecule has 1 amide bonds. The summed E-state index contributed by atoms with van der Waals surface area (Å²) >= 11 is 14.9. The summed E-state index contributed by atoms with van der Waals surface area (Å²) < 4.78 is 28.6. The van der Waals surface area contributed by atoms with Crippen molar-refractivity contribution in [3.63, 3.8) is 0 Å². The first kappa shape index (κ1) is 25.8. The summed E-state index contributed by atoms with van der Waals surface area (Å²) in [4.78, 5) is 12.9. The Balaban J connectivity index is 1.86. The van der Waals surface area contributed by atoms with Gasteiger partial charge in [0.1, 0.15) is 6.54 Å². The zero-order valence-corrected chi connectivity index (χ0v) is 22.0. The first-order chi connectivity index (χ1) is 15.6. The molecular formula is C21H22Cl2N4O3S3. The number of thioether (sulfide) groups is 1. The highest BCUT2D eigenvalue weighted by Gasteiger charge is 2.28. The molecule has 0 aliphatic rings. The highest BCUT2D eigenvalue weighted by atomic mass is 35.5. The van der Waals surface area contributed by atoms with Crippen LogP contribution in [-0.4, -0.2) is 36.8 Å². The lowest BCUT2D eigenvalue weighted by Crippen LogP contribution is -2.38. The molecule has 7 nitrogen and oxygen atoms in total. The van der Waals surface area contributed by atoms with E-state index >= 15 is 0 Å². The van der Waals surface area contributed by atoms with E-state index in [1.165, 1.54) is 41.7 Å². The molecule has 1 heterocycles. The number of nitrogens with zero attached hydrogens (tertiary/aromatic N) is 3. The molecule has 0 aliphatic heterocycles. The third kappa shape index (κ3) is 6.83. The van der Waals surface area contributed by atoms with Gasteiger partial charge in [-0.1, -0.05) is 77.8 Å². The molecule has 0 spiro atoms. The minimum absolute atomic E-state index is 0.0512. The molecule has 33 heavy (non-hydrogen) atoms. The third-order valence-electron chi connectivity index (χ3n) is 4.28. The summed E-state index contributed by atoms with van der Waals surface area (Å²) in [6, 6.07) is 10.8. The van der Waals surface area contributed by atoms with Gasteiger partial charge in [-0.05, 0) is 43.2 Å². The van der Waals surface area contributed by atoms with Crippen molar-refractivity contribution in [3.8, 4) is 0 Å². The minimum atomic E-state index is -4.07. The molecule has 0 aliphatic carbocycles. The van der Waals surface area contributed by atoms with Crippen LogP contribution in [-0.2, 0) is 14.8 Å². The van der Waals surface area contributed by atoms with Gasteiger partial charge in [-0.15, -0.1) is 10.2 Å². The van der Waals surface area contributed by atoms with Gasteiger partial charge in [0.05, 0.1) is 20.6 Å². The molecule has 0 atom stereocenters. The normalized spacial score (nSPS) is 11.6. The van der Waals surface area contributed by atoms with Crippen LogP contribution in [0.4, 0.5) is 10.8 Å². The second-order valence-electron chi connectivity index (χ2n) is 7.55. The lowest BCUT2D eigenvalue weighted by Gasteiger charge is -2.24. The van der Waals surface area contributed by atoms with Gasteiger partial charge < -0.3 is 0 Å². The van der Waals surface area contributed by atoms with Crippen molar-refractivity contribution in [2.24, 2.45) is 5.92 Å². The molecule has 12 heteroatoms. The summed E-state index contributed by atoms with van der Waals surface area (Å²) in [5.74, 6) is 0.805. The topological polar surface area (TPSA) is 92.3 Å². The van der Waals surface area contributed by atoms with Gasteiger partial charge in [0.25, 0.3) is 10.0 Å². The van der Waals surface area contributed by atoms with Crippen LogP contribution < -0.4 is 9.62 Å². The van der Waals surface area contributed by atoms with Crippen LogP contribution in [0.25, 0.3) is 0 Å². The van der Waals surface area contributed by atoms with Gasteiger partial charge in [0.2, 0.25) is 11.0 Å². The van der Waals surface area contributed by atoms with Crippen molar-refractivity contribution in [2.75, 3.05) is 21.9 Å². The number of hydrogen-bond donors (Lipinski definition) is 1. The van der Waals surface area contributed by atoms with E-state index < -0.39 is 22.5 Å². The predicted octanol–water partition coefficient (Wildman–Crippen LogP) is 5.74. The van der Waals surface area contributed by atoms with Crippen LogP contribution in [0.5, 0.6) is 0 Å². The zero-order valence-electron chi connectivity index (χ0n) is 18.1. The second kappa shape index (κ2) is 11.1. The molecule has 0 unspecified atom stereocenters. The summed E-state index contributed by atoms with van der Waals surface area (Å²) in [5, 5.41) is 11.4. The monoisotopic (exact) mass is 544 g/mol. The molecule has 1 aromatic heterocycles. The van der Waals surface area contributed by atoms with E-state index in [4.69, 9.17) is 23.2 Å². The molecule has 0 saturated carbocycles. The van der Waals surface area contributed by atoms with Gasteiger partial charge in [0.15, 0.2) is 4.34 Å². The maximum Gasteiger partial charge on any atom is 0.264 e. The number of anilines is 2. The third-order valence-corrected chi connectivity index (χ3v) is 9.21. The number of nitrogens with one attached hydrogen (secondary N) is 1. The Morgan fingerprint density at radius 2 is 1.82 bits per heavy atom. The van der Waals surface area contributed by atoms with Crippen molar-refractivity contribution in [3.05, 3.63) is 58.1 Å². The van der Waals surface area contributed by atoms with Crippen molar-refractivity contribution in [1.29, 1.82) is 0 Å². The highest BCUT2D eigenvalue weighted by Crippen LogP contribution is 2.31. The first-order valence-electron chi connectivity index (χ1n) is 9.87. The van der Waals surface area contributed by atoms with E-state index in [-0.39, 0.29) is 20.6 Å². The van der Waals surface area contributed by atoms with Gasteiger partial charge in [-0.25, -0.2) is 8.42 Å². The van der Waals surface area contributed by atoms with E-state index in [0.717, 1.165) is 20.0 Å². The summed E-state index contributed by atoms with van der Waals surface area (Å²) in [6.07, 6.45) is 0. The molecule has 2 aromatic carbocycles. The number of aromatic nitrogens is 2. The van der Waals surface area contributed by atoms with Gasteiger partial charge >= 0.3 is 0 Å². The Kier molecular flexibility index (Phi) is 8.63. The number of carbonyl (C=O) groups is 1. The van der Waals surface area contributed by atoms with E-state index in [2.05, 4.69) is 29.4 Å². The lowest BCUT2D eigenvalue weighted by atomic mass is 10.2. The Morgan fingerprint density at radius 1 is 1.12 bits per heavy atom. The maximum absolute atomic E-state index is 13.4. The number of amides is 1. The fourth-order valence-corrected chi connectivity index (χ4v) is 6.09. The molecule has 1 N–H and O–H groups in total. The Hall–Kier alpha value is -1.85. The number of rotatable bonds is 9. The Labute approximate surface area is 211 Å². The molecule has 0 saturated heterocycles. The average Bonchev–Trinajstić information content (AvgIpc) is 3.20. The maximum atomic E-state index is 13.4. The van der Waals surface area contributed by atoms with Gasteiger partial charge in [0, 0.05) is 5.75 Å². The van der Waals surface area contributed by atoms with Crippen molar-refractivity contribution in [1.82, 2.24) is 10.2 Å². The van der Waals surface area contributed by atoms with Gasteiger partial charge in [-0.3, -0.25) is 14.4 Å². The molecule has 0 bridgehead atoms. The van der Waals surface area contributed by atoms with E-state index in [1.54, 1.807) is 23.9 Å². The number of halogens is 2. The zero-order chi connectivity index (χ0) is 24.2. The largest absolute Gasteiger partial charge is 0.299 e. The smallest absolute Gasteiger partial charge is 0.264 e. The Bertz CT molecular complexity index is 1230. The summed E-state index contributed by atoms with van der Waals surface area (Å²) in [5.41, 5.74) is 1.13. The fourth-order valence-electron chi connectivity index (χ4n) is 2.64. The molecule has 0 radical (unpaired) electrons. The van der Waals surface area contributed by atoms with Crippen molar-refractivity contribution < 1.29 is 13.2 Å². The van der Waals surface area contributed by atoms with E-state index in [9.17, 15) is 13.2 Å². The van der Waals surface area contributed by atoms with Crippen molar-refractivity contribution in [2.45, 2.75) is 30.0 Å². The lowest BCUT2D eigenvalue weighted by molar-refractivity contribution is -0.114. The molecule has 3 rings (SSSR count). The second-order valence-corrected chi connectivity index (χ2v) is 12.5. The number of hydrogen-bond acceptors (Lipinski definition) is 7. The fraction of sp³-hybridized carbons (Fsp3) is 0.286. The first-order valence-corrected chi connectivity index (χ1v) is 13.9. The van der Waals surface area contributed by atoms with E-state index in [0.29, 0.717) is 11.0 Å². The number of carbonyl (C=O) groups excluding carboxylic acids is 1. The molecule has 176 valence electrons. The molecule has 3 aromatic rings. The quantitative estimate of drug-likeness (QED) is 0.273. The van der Waals surface area contributed by atoms with Crippen LogP contribution in [0, 0.1) is 12.8 Å². The predicted molar refractivity (Wildman–Crippen MR) is 136 cm³/mol. The summed E-state index contributed by atoms with van der Waals surface area (Å²) in [7, 11) is -4.07. The highest BCUT2D eigenvalue weighted by molar-refractivity contribution is 8.01. The Morgan fingerprint density at radius 3 is 2.45 bits per heavy atom. The SMILES string of the molecule is Cc1ccc(S(=O)(=O)N(CC(=O)Nc2nnc(SCC(C)C)s2)c2ccc(Cl)c(Cl)c2)cc1. The number of benzene rings is 2. The van der Waals surface area contributed by atoms with Crippen LogP contribution in [0.3, 0.4) is 0 Å². The number of sulfonamides is 1. The van der Waals surface area contributed by atoms with E-state index in [1.807, 2.05) is 6.92 Å². The number of aryl methyl sites for hydroxylation is 1. The van der Waals surface area contributed by atoms with Gasteiger partial charge in [-0.2, -0.15) is 0 Å². The van der Waals surface area contributed by atoms with Crippen LogP contribution in [0.2, 0.25) is 10.0 Å². The molecule has 0 fully saturated rings.